The fourth-order valence-electron chi connectivity index (χ4n) is 1.48. The van der Waals surface area contributed by atoms with E-state index in [1.807, 2.05) is 30.3 Å². The van der Waals surface area contributed by atoms with Crippen LogP contribution < -0.4 is 4.74 Å². The van der Waals surface area contributed by atoms with Crippen LogP contribution >= 0.6 is 0 Å². The summed E-state index contributed by atoms with van der Waals surface area (Å²) in [6.07, 6.45) is 1.54. The van der Waals surface area contributed by atoms with Crippen molar-refractivity contribution in [1.29, 1.82) is 0 Å². The van der Waals surface area contributed by atoms with E-state index < -0.39 is 0 Å². The molecule has 0 aromatic heterocycles. The second-order valence-corrected chi connectivity index (χ2v) is 3.61. The molecular formula is C12H13NO3. The molecule has 0 unspecified atom stereocenters. The van der Waals surface area contributed by atoms with Gasteiger partial charge in [0.15, 0.2) is 0 Å². The number of carbonyl (C=O) groups is 1. The molecular weight excluding hydrogens is 206 g/mol. The fourth-order valence-corrected chi connectivity index (χ4v) is 1.48. The van der Waals surface area contributed by atoms with Gasteiger partial charge in [0, 0.05) is 7.05 Å². The maximum absolute atomic E-state index is 11.1. The van der Waals surface area contributed by atoms with Crippen LogP contribution in [0.2, 0.25) is 0 Å². The molecule has 1 amide bonds. The van der Waals surface area contributed by atoms with Gasteiger partial charge in [-0.25, -0.2) is 4.79 Å². The molecule has 0 radical (unpaired) electrons. The first-order chi connectivity index (χ1) is 7.69. The van der Waals surface area contributed by atoms with Crippen molar-refractivity contribution in [3.05, 3.63) is 35.6 Å². The number of methoxy groups -OCH3 is 1. The molecule has 4 nitrogen and oxygen atoms in total. The lowest BCUT2D eigenvalue weighted by atomic mass is 10.2. The SMILES string of the molecule is COc1ccc(/C=C2/CN(C)C(=O)O2)cc1. The Balaban J connectivity index is 2.14. The molecule has 16 heavy (non-hydrogen) atoms. The van der Waals surface area contributed by atoms with Gasteiger partial charge in [-0.15, -0.1) is 0 Å². The standard InChI is InChI=1S/C12H13NO3/c1-13-8-11(16-12(13)14)7-9-3-5-10(15-2)6-4-9/h3-7H,8H2,1-2H3/b11-7-. The average Bonchev–Trinajstić information content (AvgIpc) is 2.59. The molecule has 0 bridgehead atoms. The lowest BCUT2D eigenvalue weighted by molar-refractivity contribution is 0.175. The van der Waals surface area contributed by atoms with E-state index >= 15 is 0 Å². The minimum absolute atomic E-state index is 0.306. The summed E-state index contributed by atoms with van der Waals surface area (Å²) in [7, 11) is 3.33. The molecule has 0 saturated carbocycles. The highest BCUT2D eigenvalue weighted by Gasteiger charge is 2.22. The molecule has 0 N–H and O–H groups in total. The molecule has 84 valence electrons. The molecule has 2 rings (SSSR count). The van der Waals surface area contributed by atoms with Crippen LogP contribution in [-0.4, -0.2) is 31.7 Å². The number of benzene rings is 1. The van der Waals surface area contributed by atoms with Crippen LogP contribution in [0.15, 0.2) is 30.0 Å². The molecule has 0 spiro atoms. The number of rotatable bonds is 2. The summed E-state index contributed by atoms with van der Waals surface area (Å²) in [5.74, 6) is 1.47. The molecule has 1 aliphatic heterocycles. The Kier molecular flexibility index (Phi) is 2.81. The van der Waals surface area contributed by atoms with E-state index in [1.165, 1.54) is 4.90 Å². The van der Waals surface area contributed by atoms with Crippen LogP contribution in [0.1, 0.15) is 5.56 Å². The van der Waals surface area contributed by atoms with Crippen molar-refractivity contribution < 1.29 is 14.3 Å². The predicted octanol–water partition coefficient (Wildman–Crippen LogP) is 2.12. The number of ether oxygens (including phenoxy) is 2. The highest BCUT2D eigenvalue weighted by atomic mass is 16.6. The largest absolute Gasteiger partial charge is 0.497 e. The number of cyclic esters (lactones) is 1. The topological polar surface area (TPSA) is 38.8 Å². The fraction of sp³-hybridized carbons (Fsp3) is 0.250. The molecule has 1 aromatic carbocycles. The lowest BCUT2D eigenvalue weighted by Gasteiger charge is -2.00. The second-order valence-electron chi connectivity index (χ2n) is 3.61. The van der Waals surface area contributed by atoms with Gasteiger partial charge in [0.1, 0.15) is 11.5 Å². The summed E-state index contributed by atoms with van der Waals surface area (Å²) in [5.41, 5.74) is 0.985. The normalized spacial score (nSPS) is 17.8. The average molecular weight is 219 g/mol. The quantitative estimate of drug-likeness (QED) is 0.764. The van der Waals surface area contributed by atoms with Crippen molar-refractivity contribution in [2.45, 2.75) is 0 Å². The van der Waals surface area contributed by atoms with Crippen molar-refractivity contribution in [3.63, 3.8) is 0 Å². The lowest BCUT2D eigenvalue weighted by Crippen LogP contribution is -2.17. The Hall–Kier alpha value is -1.97. The van der Waals surface area contributed by atoms with Gasteiger partial charge < -0.3 is 14.4 Å². The first-order valence-electron chi connectivity index (χ1n) is 4.96. The number of hydrogen-bond acceptors (Lipinski definition) is 3. The van der Waals surface area contributed by atoms with Gasteiger partial charge in [0.05, 0.1) is 13.7 Å². The van der Waals surface area contributed by atoms with Gasteiger partial charge in [-0.1, -0.05) is 12.1 Å². The van der Waals surface area contributed by atoms with Gasteiger partial charge in [-0.3, -0.25) is 0 Å². The van der Waals surface area contributed by atoms with Crippen molar-refractivity contribution in [2.24, 2.45) is 0 Å². The van der Waals surface area contributed by atoms with E-state index in [-0.39, 0.29) is 6.09 Å². The molecule has 4 heteroatoms. The minimum atomic E-state index is -0.306. The van der Waals surface area contributed by atoms with Gasteiger partial charge in [0.25, 0.3) is 0 Å². The van der Waals surface area contributed by atoms with Crippen LogP contribution in [0, 0.1) is 0 Å². The summed E-state index contributed by atoms with van der Waals surface area (Å²) < 4.78 is 10.1. The number of carbonyl (C=O) groups excluding carboxylic acids is 1. The third-order valence-corrected chi connectivity index (χ3v) is 2.37. The van der Waals surface area contributed by atoms with Crippen LogP contribution in [0.25, 0.3) is 6.08 Å². The minimum Gasteiger partial charge on any atom is -0.497 e. The predicted molar refractivity (Wildman–Crippen MR) is 60.1 cm³/mol. The van der Waals surface area contributed by atoms with E-state index in [0.29, 0.717) is 12.3 Å². The zero-order valence-corrected chi connectivity index (χ0v) is 9.27. The van der Waals surface area contributed by atoms with E-state index in [4.69, 9.17) is 9.47 Å². The molecule has 1 aromatic rings. The Morgan fingerprint density at radius 2 is 2.06 bits per heavy atom. The molecule has 1 aliphatic rings. The zero-order valence-electron chi connectivity index (χ0n) is 9.27. The van der Waals surface area contributed by atoms with Gasteiger partial charge >= 0.3 is 6.09 Å². The smallest absolute Gasteiger partial charge is 0.415 e. The van der Waals surface area contributed by atoms with Crippen molar-refractivity contribution >= 4 is 12.2 Å². The number of nitrogens with zero attached hydrogens (tertiary/aromatic N) is 1. The van der Waals surface area contributed by atoms with Crippen LogP contribution in [0.4, 0.5) is 4.79 Å². The monoisotopic (exact) mass is 219 g/mol. The molecule has 1 fully saturated rings. The first-order valence-corrected chi connectivity index (χ1v) is 4.96. The van der Waals surface area contributed by atoms with E-state index in [2.05, 4.69) is 0 Å². The van der Waals surface area contributed by atoms with E-state index in [9.17, 15) is 4.79 Å². The highest BCUT2D eigenvalue weighted by Crippen LogP contribution is 2.18. The maximum Gasteiger partial charge on any atom is 0.415 e. The highest BCUT2D eigenvalue weighted by molar-refractivity contribution is 5.73. The van der Waals surface area contributed by atoms with E-state index in [0.717, 1.165) is 11.3 Å². The molecule has 1 saturated heterocycles. The summed E-state index contributed by atoms with van der Waals surface area (Å²) in [6, 6.07) is 7.57. The third kappa shape index (κ3) is 2.16. The summed E-state index contributed by atoms with van der Waals surface area (Å²) in [4.78, 5) is 12.6. The van der Waals surface area contributed by atoms with Crippen molar-refractivity contribution in [1.82, 2.24) is 4.90 Å². The first kappa shape index (κ1) is 10.5. The van der Waals surface area contributed by atoms with Crippen LogP contribution in [0.5, 0.6) is 5.75 Å². The van der Waals surface area contributed by atoms with Gasteiger partial charge in [0.2, 0.25) is 0 Å². The van der Waals surface area contributed by atoms with Gasteiger partial charge in [-0.2, -0.15) is 0 Å². The molecule has 0 atom stereocenters. The maximum atomic E-state index is 11.1. The number of amides is 1. The number of hydrogen-bond donors (Lipinski definition) is 0. The summed E-state index contributed by atoms with van der Waals surface area (Å²) in [5, 5.41) is 0. The second kappa shape index (κ2) is 4.26. The number of likely N-dealkylation sites (N-methyl/N-ethyl adjacent to an activating group) is 1. The van der Waals surface area contributed by atoms with Crippen LogP contribution in [-0.2, 0) is 4.74 Å². The zero-order chi connectivity index (χ0) is 11.5. The van der Waals surface area contributed by atoms with Crippen molar-refractivity contribution in [2.75, 3.05) is 20.7 Å². The Morgan fingerprint density at radius 1 is 1.38 bits per heavy atom. The van der Waals surface area contributed by atoms with E-state index in [1.54, 1.807) is 14.2 Å². The summed E-state index contributed by atoms with van der Waals surface area (Å²) in [6.45, 7) is 0.519. The summed E-state index contributed by atoms with van der Waals surface area (Å²) >= 11 is 0. The third-order valence-electron chi connectivity index (χ3n) is 2.37. The Labute approximate surface area is 94.1 Å². The molecule has 0 aliphatic carbocycles. The Morgan fingerprint density at radius 3 is 2.56 bits per heavy atom. The molecule has 1 heterocycles. The van der Waals surface area contributed by atoms with Gasteiger partial charge in [-0.05, 0) is 23.8 Å². The Bertz CT molecular complexity index is 422. The van der Waals surface area contributed by atoms with Crippen LogP contribution in [0.3, 0.4) is 0 Å². The van der Waals surface area contributed by atoms with Crippen molar-refractivity contribution in [3.8, 4) is 5.75 Å².